The number of likely N-dealkylation sites (N-methyl/N-ethyl adjacent to an activating group) is 1. The predicted molar refractivity (Wildman–Crippen MR) is 108 cm³/mol. The lowest BCUT2D eigenvalue weighted by Gasteiger charge is -2.21. The van der Waals surface area contributed by atoms with Gasteiger partial charge in [0, 0.05) is 45.0 Å². The van der Waals surface area contributed by atoms with Crippen LogP contribution in [0, 0.1) is 0 Å². The van der Waals surface area contributed by atoms with Crippen LogP contribution >= 0.6 is 24.0 Å². The van der Waals surface area contributed by atoms with Crippen LogP contribution in [0.1, 0.15) is 31.4 Å². The van der Waals surface area contributed by atoms with Crippen molar-refractivity contribution in [1.82, 2.24) is 14.8 Å². The zero-order valence-electron chi connectivity index (χ0n) is 14.4. The Morgan fingerprint density at radius 3 is 2.62 bits per heavy atom. The van der Waals surface area contributed by atoms with Crippen LogP contribution < -0.4 is 5.73 Å². The maximum Gasteiger partial charge on any atom is 0.244 e. The first kappa shape index (κ1) is 20.7. The Kier molecular flexibility index (Phi) is 9.66. The minimum Gasteiger partial charge on any atom is -0.370 e. The van der Waals surface area contributed by atoms with Gasteiger partial charge in [-0.3, -0.25) is 9.78 Å². The molecule has 0 aromatic carbocycles. The molecule has 1 aliphatic heterocycles. The van der Waals surface area contributed by atoms with Gasteiger partial charge in [0.25, 0.3) is 0 Å². The number of hydrogen-bond donors (Lipinski definition) is 1. The molecule has 134 valence electrons. The van der Waals surface area contributed by atoms with Gasteiger partial charge in [0.1, 0.15) is 6.54 Å². The van der Waals surface area contributed by atoms with Crippen molar-refractivity contribution in [2.75, 3.05) is 33.2 Å². The summed E-state index contributed by atoms with van der Waals surface area (Å²) in [6, 6.07) is 5.81. The summed E-state index contributed by atoms with van der Waals surface area (Å²) < 4.78 is 0. The highest BCUT2D eigenvalue weighted by Gasteiger charge is 2.13. The van der Waals surface area contributed by atoms with Gasteiger partial charge in [-0.25, -0.2) is 4.99 Å². The standard InChI is InChI=1S/C17H27N5O.HI/c1-21(13-9-15-8-4-5-10-19-15)16(23)14-20-17(18)22-11-6-2-3-7-12-22;/h4-5,8,10H,2-3,6-7,9,11-14H2,1H3,(H2,18,20);1H. The van der Waals surface area contributed by atoms with Crippen molar-refractivity contribution in [3.05, 3.63) is 30.1 Å². The number of aromatic nitrogens is 1. The van der Waals surface area contributed by atoms with Crippen LogP contribution in [0.2, 0.25) is 0 Å². The van der Waals surface area contributed by atoms with Crippen molar-refractivity contribution in [1.29, 1.82) is 0 Å². The normalized spacial score (nSPS) is 15.4. The quantitative estimate of drug-likeness (QED) is 0.427. The fourth-order valence-corrected chi connectivity index (χ4v) is 2.62. The van der Waals surface area contributed by atoms with Gasteiger partial charge in [-0.1, -0.05) is 18.9 Å². The molecule has 0 aliphatic carbocycles. The SMILES string of the molecule is CN(CCc1ccccn1)C(=O)CN=C(N)N1CCCCCC1.I. The van der Waals surface area contributed by atoms with Gasteiger partial charge in [-0.2, -0.15) is 0 Å². The van der Waals surface area contributed by atoms with E-state index in [4.69, 9.17) is 5.73 Å². The Balaban J connectivity index is 0.00000288. The molecule has 6 nitrogen and oxygen atoms in total. The number of likely N-dealkylation sites (tertiary alicyclic amines) is 1. The summed E-state index contributed by atoms with van der Waals surface area (Å²) in [7, 11) is 1.79. The largest absolute Gasteiger partial charge is 0.370 e. The van der Waals surface area contributed by atoms with Crippen molar-refractivity contribution in [3.8, 4) is 0 Å². The summed E-state index contributed by atoms with van der Waals surface area (Å²) in [4.78, 5) is 24.5. The molecule has 1 aliphatic rings. The maximum absolute atomic E-state index is 12.1. The van der Waals surface area contributed by atoms with Crippen LogP contribution in [-0.4, -0.2) is 59.9 Å². The van der Waals surface area contributed by atoms with E-state index < -0.39 is 0 Å². The summed E-state index contributed by atoms with van der Waals surface area (Å²) >= 11 is 0. The molecule has 2 N–H and O–H groups in total. The van der Waals surface area contributed by atoms with Crippen LogP contribution in [-0.2, 0) is 11.2 Å². The molecule has 24 heavy (non-hydrogen) atoms. The molecular weight excluding hydrogens is 417 g/mol. The highest BCUT2D eigenvalue weighted by molar-refractivity contribution is 14.0. The second kappa shape index (κ2) is 11.2. The minimum atomic E-state index is -0.0151. The third-order valence-corrected chi connectivity index (χ3v) is 4.16. The number of aliphatic imine (C=N–C) groups is 1. The molecule has 0 bridgehead atoms. The molecule has 1 saturated heterocycles. The number of pyridine rings is 1. The summed E-state index contributed by atoms with van der Waals surface area (Å²) in [5, 5.41) is 0. The smallest absolute Gasteiger partial charge is 0.244 e. The molecule has 1 aromatic heterocycles. The first-order valence-corrected chi connectivity index (χ1v) is 8.35. The monoisotopic (exact) mass is 445 g/mol. The third kappa shape index (κ3) is 7.02. The molecule has 1 aromatic rings. The second-order valence-corrected chi connectivity index (χ2v) is 5.96. The average Bonchev–Trinajstić information content (AvgIpc) is 2.87. The lowest BCUT2D eigenvalue weighted by atomic mass is 10.2. The predicted octanol–water partition coefficient (Wildman–Crippen LogP) is 1.89. The van der Waals surface area contributed by atoms with Gasteiger partial charge in [-0.15, -0.1) is 24.0 Å². The van der Waals surface area contributed by atoms with E-state index in [9.17, 15) is 4.79 Å². The molecule has 0 spiro atoms. The fourth-order valence-electron chi connectivity index (χ4n) is 2.62. The number of carbonyl (C=O) groups is 1. The van der Waals surface area contributed by atoms with E-state index in [2.05, 4.69) is 14.9 Å². The van der Waals surface area contributed by atoms with Gasteiger partial charge in [0.2, 0.25) is 5.91 Å². The first-order valence-electron chi connectivity index (χ1n) is 8.35. The summed E-state index contributed by atoms with van der Waals surface area (Å²) in [5.41, 5.74) is 7.01. The zero-order valence-corrected chi connectivity index (χ0v) is 16.7. The first-order chi connectivity index (χ1) is 11.2. The lowest BCUT2D eigenvalue weighted by Crippen LogP contribution is -2.39. The Hall–Kier alpha value is -1.38. The Morgan fingerprint density at radius 2 is 2.00 bits per heavy atom. The average molecular weight is 445 g/mol. The highest BCUT2D eigenvalue weighted by atomic mass is 127. The number of rotatable bonds is 5. The number of nitrogens with two attached hydrogens (primary N) is 1. The summed E-state index contributed by atoms with van der Waals surface area (Å²) in [6.07, 6.45) is 7.30. The van der Waals surface area contributed by atoms with Crippen LogP contribution in [0.15, 0.2) is 29.4 Å². The zero-order chi connectivity index (χ0) is 16.5. The topological polar surface area (TPSA) is 74.8 Å². The number of amides is 1. The van der Waals surface area contributed by atoms with E-state index in [0.29, 0.717) is 12.5 Å². The Bertz CT molecular complexity index is 515. The number of hydrogen-bond acceptors (Lipinski definition) is 3. The molecule has 1 amide bonds. The van der Waals surface area contributed by atoms with Gasteiger partial charge in [-0.05, 0) is 25.0 Å². The van der Waals surface area contributed by atoms with Crippen molar-refractivity contribution < 1.29 is 4.79 Å². The van der Waals surface area contributed by atoms with Crippen molar-refractivity contribution in [3.63, 3.8) is 0 Å². The van der Waals surface area contributed by atoms with Crippen molar-refractivity contribution in [2.24, 2.45) is 10.7 Å². The molecule has 1 fully saturated rings. The highest BCUT2D eigenvalue weighted by Crippen LogP contribution is 2.09. The molecule has 0 radical (unpaired) electrons. The number of nitrogens with zero attached hydrogens (tertiary/aromatic N) is 4. The van der Waals surface area contributed by atoms with Crippen LogP contribution in [0.3, 0.4) is 0 Å². The van der Waals surface area contributed by atoms with Gasteiger partial charge >= 0.3 is 0 Å². The molecule has 0 unspecified atom stereocenters. The Morgan fingerprint density at radius 1 is 1.29 bits per heavy atom. The molecular formula is C17H28IN5O. The van der Waals surface area contributed by atoms with Crippen molar-refractivity contribution in [2.45, 2.75) is 32.1 Å². The van der Waals surface area contributed by atoms with E-state index in [0.717, 1.165) is 38.0 Å². The minimum absolute atomic E-state index is 0. The molecule has 0 atom stereocenters. The molecule has 2 heterocycles. The number of guanidine groups is 1. The van der Waals surface area contributed by atoms with E-state index in [1.807, 2.05) is 18.2 Å². The molecule has 2 rings (SSSR count). The van der Waals surface area contributed by atoms with E-state index >= 15 is 0 Å². The van der Waals surface area contributed by atoms with Gasteiger partial charge < -0.3 is 15.5 Å². The van der Waals surface area contributed by atoms with E-state index in [-0.39, 0.29) is 36.4 Å². The summed E-state index contributed by atoms with van der Waals surface area (Å²) in [6.45, 7) is 2.63. The molecule has 0 saturated carbocycles. The number of carbonyl (C=O) groups excluding carboxylic acids is 1. The number of halogens is 1. The van der Waals surface area contributed by atoms with E-state index in [1.54, 1.807) is 18.1 Å². The third-order valence-electron chi connectivity index (χ3n) is 4.16. The lowest BCUT2D eigenvalue weighted by molar-refractivity contribution is -0.128. The van der Waals surface area contributed by atoms with Gasteiger partial charge in [0.05, 0.1) is 0 Å². The van der Waals surface area contributed by atoms with Gasteiger partial charge in [0.15, 0.2) is 5.96 Å². The second-order valence-electron chi connectivity index (χ2n) is 5.96. The Labute approximate surface area is 161 Å². The summed E-state index contributed by atoms with van der Waals surface area (Å²) in [5.74, 6) is 0.483. The van der Waals surface area contributed by atoms with Crippen LogP contribution in [0.25, 0.3) is 0 Å². The van der Waals surface area contributed by atoms with Crippen LogP contribution in [0.5, 0.6) is 0 Å². The maximum atomic E-state index is 12.1. The fraction of sp³-hybridized carbons (Fsp3) is 0.588. The molecule has 7 heteroatoms. The van der Waals surface area contributed by atoms with E-state index in [1.165, 1.54) is 12.8 Å². The van der Waals surface area contributed by atoms with Crippen molar-refractivity contribution >= 4 is 35.8 Å². The van der Waals surface area contributed by atoms with Crippen LogP contribution in [0.4, 0.5) is 0 Å².